The van der Waals surface area contributed by atoms with Crippen LogP contribution in [-0.4, -0.2) is 29.1 Å². The molecule has 2 heterocycles. The number of carboxylic acids is 1. The number of thiophene rings is 1. The number of rotatable bonds is 5. The van der Waals surface area contributed by atoms with Crippen LogP contribution in [0.2, 0.25) is 0 Å². The molecule has 1 aliphatic heterocycles. The first-order valence-corrected chi connectivity index (χ1v) is 8.39. The van der Waals surface area contributed by atoms with Gasteiger partial charge in [-0.3, -0.25) is 9.69 Å². The maximum atomic E-state index is 10.8. The van der Waals surface area contributed by atoms with Crippen LogP contribution < -0.4 is 0 Å². The first-order valence-electron chi connectivity index (χ1n) is 6.71. The van der Waals surface area contributed by atoms with Gasteiger partial charge in [0.05, 0.1) is 3.79 Å². The number of carboxylic acid groups (broad SMARTS) is 1. The fourth-order valence-electron chi connectivity index (χ4n) is 2.83. The third-order valence-electron chi connectivity index (χ3n) is 3.87. The van der Waals surface area contributed by atoms with Gasteiger partial charge in [-0.2, -0.15) is 0 Å². The Morgan fingerprint density at radius 2 is 2.47 bits per heavy atom. The minimum absolute atomic E-state index is 0.273. The van der Waals surface area contributed by atoms with E-state index in [0.717, 1.165) is 26.1 Å². The van der Waals surface area contributed by atoms with Gasteiger partial charge in [-0.05, 0) is 64.2 Å². The molecule has 0 bridgehead atoms. The van der Waals surface area contributed by atoms with Crippen LogP contribution in [0.1, 0.15) is 31.7 Å². The molecule has 0 saturated carbocycles. The third-order valence-corrected chi connectivity index (χ3v) is 5.42. The van der Waals surface area contributed by atoms with Gasteiger partial charge in [0, 0.05) is 19.5 Å². The Labute approximate surface area is 126 Å². The Morgan fingerprint density at radius 1 is 1.68 bits per heavy atom. The van der Waals surface area contributed by atoms with Crippen molar-refractivity contribution in [3.63, 3.8) is 0 Å². The smallest absolute Gasteiger partial charge is 0.303 e. The Hall–Kier alpha value is -0.390. The van der Waals surface area contributed by atoms with E-state index in [0.29, 0.717) is 12.3 Å². The zero-order valence-electron chi connectivity index (χ0n) is 11.1. The van der Waals surface area contributed by atoms with Gasteiger partial charge in [0.2, 0.25) is 0 Å². The normalized spacial score (nSPS) is 22.3. The number of hydrogen-bond acceptors (Lipinski definition) is 3. The quantitative estimate of drug-likeness (QED) is 0.881. The second-order valence-corrected chi connectivity index (χ2v) is 7.76. The molecule has 1 aromatic rings. The molecule has 2 rings (SSSR count). The van der Waals surface area contributed by atoms with E-state index < -0.39 is 5.97 Å². The summed E-state index contributed by atoms with van der Waals surface area (Å²) in [6.07, 6.45) is 2.64. The Kier molecular flexibility index (Phi) is 5.42. The van der Waals surface area contributed by atoms with Crippen LogP contribution in [0.5, 0.6) is 0 Å². The lowest BCUT2D eigenvalue weighted by Gasteiger charge is -2.35. The number of hydrogen-bond donors (Lipinski definition) is 1. The standard InChI is InChI=1S/C14H20BrNO2S/c1-10(5-14(17)18)12-3-2-4-16(8-12)7-11-6-13(15)19-9-11/h6,9-10,12H,2-5,7-8H2,1H3,(H,17,18). The summed E-state index contributed by atoms with van der Waals surface area (Å²) in [5.41, 5.74) is 1.35. The summed E-state index contributed by atoms with van der Waals surface area (Å²) in [5.74, 6) is 0.118. The molecule has 0 radical (unpaired) electrons. The number of carbonyl (C=O) groups is 1. The first-order chi connectivity index (χ1) is 9.04. The van der Waals surface area contributed by atoms with Gasteiger partial charge in [-0.25, -0.2) is 0 Å². The molecule has 2 unspecified atom stereocenters. The number of piperidine rings is 1. The van der Waals surface area contributed by atoms with Crippen LogP contribution in [0.25, 0.3) is 0 Å². The molecule has 1 fully saturated rings. The van der Waals surface area contributed by atoms with Crippen molar-refractivity contribution in [3.05, 3.63) is 20.8 Å². The van der Waals surface area contributed by atoms with Crippen LogP contribution >= 0.6 is 27.3 Å². The molecule has 5 heteroatoms. The molecule has 0 spiro atoms. The summed E-state index contributed by atoms with van der Waals surface area (Å²) in [5, 5.41) is 11.1. The average molecular weight is 346 g/mol. The fraction of sp³-hybridized carbons (Fsp3) is 0.643. The molecular formula is C14H20BrNO2S. The molecule has 19 heavy (non-hydrogen) atoms. The summed E-state index contributed by atoms with van der Waals surface area (Å²) in [6, 6.07) is 2.18. The van der Waals surface area contributed by atoms with Crippen molar-refractivity contribution < 1.29 is 9.90 Å². The van der Waals surface area contributed by atoms with E-state index >= 15 is 0 Å². The van der Waals surface area contributed by atoms with E-state index in [9.17, 15) is 4.79 Å². The van der Waals surface area contributed by atoms with Crippen LogP contribution in [0.4, 0.5) is 0 Å². The van der Waals surface area contributed by atoms with E-state index in [2.05, 4.69) is 39.2 Å². The summed E-state index contributed by atoms with van der Waals surface area (Å²) in [6.45, 7) is 5.22. The highest BCUT2D eigenvalue weighted by Crippen LogP contribution is 2.28. The Balaban J connectivity index is 1.88. The lowest BCUT2D eigenvalue weighted by molar-refractivity contribution is -0.138. The maximum absolute atomic E-state index is 10.8. The van der Waals surface area contributed by atoms with Crippen molar-refractivity contribution in [2.24, 2.45) is 11.8 Å². The van der Waals surface area contributed by atoms with Gasteiger partial charge in [-0.1, -0.05) is 6.92 Å². The molecule has 106 valence electrons. The molecule has 0 amide bonds. The summed E-state index contributed by atoms with van der Waals surface area (Å²) in [4.78, 5) is 13.3. The van der Waals surface area contributed by atoms with Gasteiger partial charge < -0.3 is 5.11 Å². The number of aliphatic carboxylic acids is 1. The van der Waals surface area contributed by atoms with Crippen LogP contribution in [0, 0.1) is 11.8 Å². The molecule has 1 aliphatic rings. The van der Waals surface area contributed by atoms with Gasteiger partial charge in [0.15, 0.2) is 0 Å². The largest absolute Gasteiger partial charge is 0.481 e. The predicted octanol–water partition coefficient (Wildman–Crippen LogP) is 3.83. The molecule has 1 saturated heterocycles. The number of halogens is 1. The van der Waals surface area contributed by atoms with Crippen LogP contribution in [0.15, 0.2) is 15.2 Å². The molecule has 0 aromatic carbocycles. The van der Waals surface area contributed by atoms with Crippen molar-refractivity contribution in [3.8, 4) is 0 Å². The van der Waals surface area contributed by atoms with Gasteiger partial charge >= 0.3 is 5.97 Å². The van der Waals surface area contributed by atoms with E-state index in [1.165, 1.54) is 15.8 Å². The molecule has 1 N–H and O–H groups in total. The van der Waals surface area contributed by atoms with Crippen molar-refractivity contribution in [1.82, 2.24) is 4.90 Å². The minimum atomic E-state index is -0.675. The van der Waals surface area contributed by atoms with Crippen molar-refractivity contribution >= 4 is 33.2 Å². The lowest BCUT2D eigenvalue weighted by Crippen LogP contribution is -2.37. The minimum Gasteiger partial charge on any atom is -0.481 e. The van der Waals surface area contributed by atoms with Gasteiger partial charge in [0.1, 0.15) is 0 Å². The van der Waals surface area contributed by atoms with E-state index in [1.54, 1.807) is 11.3 Å². The van der Waals surface area contributed by atoms with Gasteiger partial charge in [0.25, 0.3) is 0 Å². The number of nitrogens with zero attached hydrogens (tertiary/aromatic N) is 1. The molecule has 2 atom stereocenters. The van der Waals surface area contributed by atoms with Gasteiger partial charge in [-0.15, -0.1) is 11.3 Å². The zero-order chi connectivity index (χ0) is 13.8. The third kappa shape index (κ3) is 4.58. The monoisotopic (exact) mass is 345 g/mol. The maximum Gasteiger partial charge on any atom is 0.303 e. The topological polar surface area (TPSA) is 40.5 Å². The van der Waals surface area contributed by atoms with E-state index in [-0.39, 0.29) is 5.92 Å². The van der Waals surface area contributed by atoms with Crippen LogP contribution in [-0.2, 0) is 11.3 Å². The lowest BCUT2D eigenvalue weighted by atomic mass is 9.84. The van der Waals surface area contributed by atoms with Crippen molar-refractivity contribution in [1.29, 1.82) is 0 Å². The number of likely N-dealkylation sites (tertiary alicyclic amines) is 1. The highest BCUT2D eigenvalue weighted by Gasteiger charge is 2.26. The zero-order valence-corrected chi connectivity index (χ0v) is 13.5. The highest BCUT2D eigenvalue weighted by molar-refractivity contribution is 9.11. The summed E-state index contributed by atoms with van der Waals surface area (Å²) in [7, 11) is 0. The summed E-state index contributed by atoms with van der Waals surface area (Å²) >= 11 is 5.21. The average Bonchev–Trinajstić information content (AvgIpc) is 2.74. The Morgan fingerprint density at radius 3 is 3.11 bits per heavy atom. The van der Waals surface area contributed by atoms with Crippen molar-refractivity contribution in [2.75, 3.05) is 13.1 Å². The van der Waals surface area contributed by atoms with E-state index in [4.69, 9.17) is 5.11 Å². The van der Waals surface area contributed by atoms with E-state index in [1.807, 2.05) is 0 Å². The second-order valence-electron chi connectivity index (χ2n) is 5.47. The molecule has 1 aromatic heterocycles. The first kappa shape index (κ1) is 15.0. The fourth-order valence-corrected chi connectivity index (χ4v) is 4.03. The molecule has 3 nitrogen and oxygen atoms in total. The molecular weight excluding hydrogens is 326 g/mol. The molecule has 0 aliphatic carbocycles. The van der Waals surface area contributed by atoms with Crippen LogP contribution in [0.3, 0.4) is 0 Å². The Bertz CT molecular complexity index is 435. The predicted molar refractivity (Wildman–Crippen MR) is 81.4 cm³/mol. The highest BCUT2D eigenvalue weighted by atomic mass is 79.9. The SMILES string of the molecule is CC(CC(=O)O)C1CCCN(Cc2csc(Br)c2)C1. The second kappa shape index (κ2) is 6.86. The van der Waals surface area contributed by atoms with Crippen molar-refractivity contribution in [2.45, 2.75) is 32.7 Å². The summed E-state index contributed by atoms with van der Waals surface area (Å²) < 4.78 is 1.18.